The van der Waals surface area contributed by atoms with Crippen LogP contribution in [0, 0.1) is 24.1 Å². The van der Waals surface area contributed by atoms with Gasteiger partial charge in [-0.2, -0.15) is 5.26 Å². The van der Waals surface area contributed by atoms with Crippen molar-refractivity contribution in [3.63, 3.8) is 0 Å². The van der Waals surface area contributed by atoms with Gasteiger partial charge in [0.2, 0.25) is 0 Å². The second-order valence-corrected chi connectivity index (χ2v) is 3.29. The molecule has 0 atom stereocenters. The summed E-state index contributed by atoms with van der Waals surface area (Å²) in [7, 11) is 0. The Labute approximate surface area is 88.8 Å². The second-order valence-electron chi connectivity index (χ2n) is 3.29. The number of nitriles is 1. The predicted molar refractivity (Wildman–Crippen MR) is 58.1 cm³/mol. The zero-order chi connectivity index (χ0) is 11.4. The summed E-state index contributed by atoms with van der Waals surface area (Å²) < 4.78 is 13.7. The van der Waals surface area contributed by atoms with Crippen LogP contribution < -0.4 is 5.73 Å². The first kappa shape index (κ1) is 11.3. The van der Waals surface area contributed by atoms with Crippen LogP contribution in [0.4, 0.5) is 4.39 Å². The molecule has 0 amide bonds. The molecular formula is C12H13FN2. The lowest BCUT2D eigenvalue weighted by Crippen LogP contribution is -2.04. The Kier molecular flexibility index (Phi) is 3.46. The molecule has 2 nitrogen and oxygen atoms in total. The van der Waals surface area contributed by atoms with Crippen LogP contribution in [0.1, 0.15) is 24.5 Å². The van der Waals surface area contributed by atoms with Crippen LogP contribution in [0.5, 0.6) is 0 Å². The Hall–Kier alpha value is -1.82. The molecule has 1 aromatic rings. The lowest BCUT2D eigenvalue weighted by atomic mass is 10.0. The van der Waals surface area contributed by atoms with Gasteiger partial charge in [-0.3, -0.25) is 0 Å². The summed E-state index contributed by atoms with van der Waals surface area (Å²) in [6, 6.07) is 6.97. The fourth-order valence-corrected chi connectivity index (χ4v) is 1.35. The molecule has 0 unspecified atom stereocenters. The highest BCUT2D eigenvalue weighted by molar-refractivity contribution is 5.69. The lowest BCUT2D eigenvalue weighted by molar-refractivity contribution is 0.614. The van der Waals surface area contributed by atoms with Gasteiger partial charge in [0.25, 0.3) is 0 Å². The number of benzene rings is 1. The van der Waals surface area contributed by atoms with Crippen molar-refractivity contribution in [1.29, 1.82) is 5.26 Å². The van der Waals surface area contributed by atoms with Crippen LogP contribution in [0.15, 0.2) is 23.8 Å². The summed E-state index contributed by atoms with van der Waals surface area (Å²) >= 11 is 0. The van der Waals surface area contributed by atoms with E-state index in [1.165, 1.54) is 0 Å². The molecule has 0 aliphatic rings. The molecule has 3 heteroatoms. The van der Waals surface area contributed by atoms with E-state index in [1.807, 2.05) is 13.0 Å². The molecule has 1 rings (SSSR count). The minimum Gasteiger partial charge on any atom is -0.397 e. The number of hydrogen-bond acceptors (Lipinski definition) is 2. The fourth-order valence-electron chi connectivity index (χ4n) is 1.35. The van der Waals surface area contributed by atoms with Crippen molar-refractivity contribution >= 4 is 5.70 Å². The molecule has 0 spiro atoms. The smallest absolute Gasteiger partial charge is 0.135 e. The highest BCUT2D eigenvalue weighted by Crippen LogP contribution is 2.20. The van der Waals surface area contributed by atoms with Gasteiger partial charge in [-0.15, -0.1) is 0 Å². The lowest BCUT2D eigenvalue weighted by Gasteiger charge is -2.07. The van der Waals surface area contributed by atoms with Gasteiger partial charge in [-0.1, -0.05) is 19.1 Å². The zero-order valence-electron chi connectivity index (χ0n) is 8.84. The van der Waals surface area contributed by atoms with Crippen molar-refractivity contribution in [3.05, 3.63) is 40.7 Å². The topological polar surface area (TPSA) is 49.8 Å². The van der Waals surface area contributed by atoms with E-state index >= 15 is 0 Å². The molecule has 78 valence electrons. The molecule has 0 radical (unpaired) electrons. The predicted octanol–water partition coefficient (Wildman–Crippen LogP) is 2.74. The summed E-state index contributed by atoms with van der Waals surface area (Å²) in [6.07, 6.45) is 0.510. The van der Waals surface area contributed by atoms with Gasteiger partial charge in [-0.25, -0.2) is 4.39 Å². The SMILES string of the molecule is CC/C(C#N)=C(/N)c1cccc(C)c1F. The normalized spacial score (nSPS) is 11.9. The van der Waals surface area contributed by atoms with Gasteiger partial charge in [0.15, 0.2) is 0 Å². The summed E-state index contributed by atoms with van der Waals surface area (Å²) in [5.41, 5.74) is 7.25. The standard InChI is InChI=1S/C12H13FN2/c1-3-9(7-14)12(15)10-6-4-5-8(2)11(10)13/h4-6H,3,15H2,1-2H3/b12-9-. The van der Waals surface area contributed by atoms with E-state index in [-0.39, 0.29) is 11.5 Å². The summed E-state index contributed by atoms with van der Waals surface area (Å²) in [6.45, 7) is 3.49. The molecule has 0 heterocycles. The van der Waals surface area contributed by atoms with Gasteiger partial charge >= 0.3 is 0 Å². The molecule has 15 heavy (non-hydrogen) atoms. The molecule has 0 saturated carbocycles. The molecule has 2 N–H and O–H groups in total. The number of aryl methyl sites for hydroxylation is 1. The average Bonchev–Trinajstić information content (AvgIpc) is 2.23. The number of hydrogen-bond donors (Lipinski definition) is 1. The van der Waals surface area contributed by atoms with Crippen LogP contribution in [-0.4, -0.2) is 0 Å². The Morgan fingerprint density at radius 3 is 2.73 bits per heavy atom. The first-order valence-electron chi connectivity index (χ1n) is 4.76. The van der Waals surface area contributed by atoms with E-state index in [2.05, 4.69) is 0 Å². The maximum atomic E-state index is 13.7. The molecule has 0 saturated heterocycles. The Balaban J connectivity index is 3.35. The third-order valence-corrected chi connectivity index (χ3v) is 2.30. The maximum absolute atomic E-state index is 13.7. The third kappa shape index (κ3) is 2.16. The van der Waals surface area contributed by atoms with E-state index in [0.717, 1.165) is 0 Å². The Morgan fingerprint density at radius 1 is 1.53 bits per heavy atom. The van der Waals surface area contributed by atoms with Crippen LogP contribution in [0.25, 0.3) is 5.70 Å². The molecule has 0 aromatic heterocycles. The maximum Gasteiger partial charge on any atom is 0.135 e. The van der Waals surface area contributed by atoms with Crippen molar-refractivity contribution < 1.29 is 4.39 Å². The molecule has 0 aliphatic carbocycles. The van der Waals surface area contributed by atoms with E-state index in [4.69, 9.17) is 11.0 Å². The summed E-state index contributed by atoms with van der Waals surface area (Å²) in [5, 5.41) is 8.81. The van der Waals surface area contributed by atoms with E-state index < -0.39 is 0 Å². The summed E-state index contributed by atoms with van der Waals surface area (Å²) in [4.78, 5) is 0. The van der Waals surface area contributed by atoms with Crippen LogP contribution in [0.3, 0.4) is 0 Å². The van der Waals surface area contributed by atoms with Crippen LogP contribution in [-0.2, 0) is 0 Å². The molecule has 0 fully saturated rings. The van der Waals surface area contributed by atoms with Crippen molar-refractivity contribution in [2.45, 2.75) is 20.3 Å². The van der Waals surface area contributed by atoms with Gasteiger partial charge in [0.05, 0.1) is 17.3 Å². The highest BCUT2D eigenvalue weighted by atomic mass is 19.1. The molecular weight excluding hydrogens is 191 g/mol. The number of allylic oxidation sites excluding steroid dienone is 1. The second kappa shape index (κ2) is 4.61. The first-order chi connectivity index (χ1) is 7.11. The number of nitrogens with two attached hydrogens (primary N) is 1. The number of nitrogens with zero attached hydrogens (tertiary/aromatic N) is 1. The van der Waals surface area contributed by atoms with Crippen molar-refractivity contribution in [3.8, 4) is 6.07 Å². The van der Waals surface area contributed by atoms with E-state index in [0.29, 0.717) is 23.1 Å². The van der Waals surface area contributed by atoms with E-state index in [1.54, 1.807) is 25.1 Å². The highest BCUT2D eigenvalue weighted by Gasteiger charge is 2.10. The third-order valence-electron chi connectivity index (χ3n) is 2.30. The summed E-state index contributed by atoms with van der Waals surface area (Å²) in [5.74, 6) is -0.351. The van der Waals surface area contributed by atoms with Gasteiger partial charge in [-0.05, 0) is 25.0 Å². The molecule has 0 aliphatic heterocycles. The molecule has 0 bridgehead atoms. The van der Waals surface area contributed by atoms with Crippen molar-refractivity contribution in [1.82, 2.24) is 0 Å². The largest absolute Gasteiger partial charge is 0.397 e. The Bertz CT molecular complexity index is 441. The first-order valence-corrected chi connectivity index (χ1v) is 4.76. The van der Waals surface area contributed by atoms with Crippen LogP contribution >= 0.6 is 0 Å². The van der Waals surface area contributed by atoms with Gasteiger partial charge in [0.1, 0.15) is 5.82 Å². The van der Waals surface area contributed by atoms with Crippen molar-refractivity contribution in [2.75, 3.05) is 0 Å². The Morgan fingerprint density at radius 2 is 2.20 bits per heavy atom. The monoisotopic (exact) mass is 204 g/mol. The van der Waals surface area contributed by atoms with E-state index in [9.17, 15) is 4.39 Å². The minimum atomic E-state index is -0.351. The molecule has 1 aromatic carbocycles. The van der Waals surface area contributed by atoms with Gasteiger partial charge < -0.3 is 5.73 Å². The minimum absolute atomic E-state index is 0.237. The van der Waals surface area contributed by atoms with Crippen molar-refractivity contribution in [2.24, 2.45) is 5.73 Å². The fraction of sp³-hybridized carbons (Fsp3) is 0.250. The number of halogens is 1. The average molecular weight is 204 g/mol. The zero-order valence-corrected chi connectivity index (χ0v) is 8.84. The van der Waals surface area contributed by atoms with Crippen LogP contribution in [0.2, 0.25) is 0 Å². The number of rotatable bonds is 2. The quantitative estimate of drug-likeness (QED) is 0.753. The van der Waals surface area contributed by atoms with Gasteiger partial charge in [0, 0.05) is 5.56 Å².